The number of hydrogen-bond donors (Lipinski definition) is 2. The number of ether oxygens (including phenoxy) is 1. The molecule has 0 amide bonds. The lowest BCUT2D eigenvalue weighted by Crippen LogP contribution is -2.47. The topological polar surface area (TPSA) is 44.7 Å². The minimum absolute atomic E-state index is 0.255. The molecular formula is C10H22N2O2. The average molecular weight is 202 g/mol. The summed E-state index contributed by atoms with van der Waals surface area (Å²) < 4.78 is 5.47. The average Bonchev–Trinajstić information content (AvgIpc) is 2.17. The van der Waals surface area contributed by atoms with E-state index in [4.69, 9.17) is 9.84 Å². The second-order valence-electron chi connectivity index (χ2n) is 3.94. The van der Waals surface area contributed by atoms with Crippen molar-refractivity contribution in [2.45, 2.75) is 25.5 Å². The van der Waals surface area contributed by atoms with E-state index in [0.29, 0.717) is 12.1 Å². The highest BCUT2D eigenvalue weighted by Gasteiger charge is 2.19. The number of rotatable bonds is 5. The van der Waals surface area contributed by atoms with Crippen molar-refractivity contribution in [3.63, 3.8) is 0 Å². The van der Waals surface area contributed by atoms with Crippen LogP contribution >= 0.6 is 0 Å². The first-order valence-corrected chi connectivity index (χ1v) is 5.38. The molecule has 1 rings (SSSR count). The zero-order valence-corrected chi connectivity index (χ0v) is 9.20. The molecule has 1 heterocycles. The second kappa shape index (κ2) is 6.35. The number of nitrogens with one attached hydrogen (secondary N) is 1. The molecule has 2 atom stereocenters. The van der Waals surface area contributed by atoms with Crippen LogP contribution in [-0.2, 0) is 4.74 Å². The summed E-state index contributed by atoms with van der Waals surface area (Å²) >= 11 is 0. The van der Waals surface area contributed by atoms with Gasteiger partial charge in [0.1, 0.15) is 0 Å². The fourth-order valence-corrected chi connectivity index (χ4v) is 1.85. The molecule has 0 aliphatic carbocycles. The Morgan fingerprint density at radius 1 is 1.64 bits per heavy atom. The van der Waals surface area contributed by atoms with E-state index in [2.05, 4.69) is 17.1 Å². The molecule has 1 aliphatic rings. The van der Waals surface area contributed by atoms with Crippen molar-refractivity contribution in [3.8, 4) is 0 Å². The summed E-state index contributed by atoms with van der Waals surface area (Å²) in [6, 6.07) is 0.394. The molecule has 0 aromatic carbocycles. The lowest BCUT2D eigenvalue weighted by molar-refractivity contribution is -0.0214. The fraction of sp³-hybridized carbons (Fsp3) is 1.00. The van der Waals surface area contributed by atoms with E-state index in [9.17, 15) is 0 Å². The number of morpholine rings is 1. The fourth-order valence-electron chi connectivity index (χ4n) is 1.85. The van der Waals surface area contributed by atoms with Crippen LogP contribution in [0, 0.1) is 0 Å². The van der Waals surface area contributed by atoms with Gasteiger partial charge in [-0.1, -0.05) is 0 Å². The van der Waals surface area contributed by atoms with Crippen molar-refractivity contribution in [1.29, 1.82) is 0 Å². The third kappa shape index (κ3) is 3.92. The summed E-state index contributed by atoms with van der Waals surface area (Å²) in [6.45, 7) is 6.21. The summed E-state index contributed by atoms with van der Waals surface area (Å²) in [4.78, 5) is 2.39. The molecule has 0 radical (unpaired) electrons. The lowest BCUT2D eigenvalue weighted by Gasteiger charge is -2.33. The van der Waals surface area contributed by atoms with E-state index < -0.39 is 0 Å². The minimum Gasteiger partial charge on any atom is -0.396 e. The SMILES string of the molecule is CNC(CCO)CN1CCOC(C)C1. The molecule has 4 nitrogen and oxygen atoms in total. The Balaban J connectivity index is 2.26. The molecule has 0 spiro atoms. The van der Waals surface area contributed by atoms with Crippen LogP contribution < -0.4 is 5.32 Å². The minimum atomic E-state index is 0.255. The molecule has 1 fully saturated rings. The van der Waals surface area contributed by atoms with Crippen molar-refractivity contribution >= 4 is 0 Å². The maximum atomic E-state index is 8.87. The van der Waals surface area contributed by atoms with Gasteiger partial charge < -0.3 is 15.2 Å². The maximum absolute atomic E-state index is 8.87. The van der Waals surface area contributed by atoms with Gasteiger partial charge >= 0.3 is 0 Å². The highest BCUT2D eigenvalue weighted by atomic mass is 16.5. The molecule has 84 valence electrons. The summed E-state index contributed by atoms with van der Waals surface area (Å²) in [5.74, 6) is 0. The maximum Gasteiger partial charge on any atom is 0.0674 e. The van der Waals surface area contributed by atoms with Crippen LogP contribution in [0.2, 0.25) is 0 Å². The Kier molecular flexibility index (Phi) is 5.40. The van der Waals surface area contributed by atoms with E-state index >= 15 is 0 Å². The van der Waals surface area contributed by atoms with E-state index in [1.54, 1.807) is 0 Å². The zero-order valence-electron chi connectivity index (χ0n) is 9.20. The first-order chi connectivity index (χ1) is 6.76. The standard InChI is InChI=1S/C10H22N2O2/c1-9-7-12(4-6-14-9)8-10(11-2)3-5-13/h9-11,13H,3-8H2,1-2H3. The van der Waals surface area contributed by atoms with Crippen LogP contribution in [0.15, 0.2) is 0 Å². The van der Waals surface area contributed by atoms with Crippen molar-refractivity contribution in [2.75, 3.05) is 39.9 Å². The molecule has 2 N–H and O–H groups in total. The Hall–Kier alpha value is -0.160. The summed E-state index contributed by atoms with van der Waals surface area (Å²) in [5.41, 5.74) is 0. The summed E-state index contributed by atoms with van der Waals surface area (Å²) in [7, 11) is 1.95. The normalized spacial score (nSPS) is 26.4. The van der Waals surface area contributed by atoms with Crippen LogP contribution in [0.25, 0.3) is 0 Å². The molecule has 14 heavy (non-hydrogen) atoms. The predicted octanol–water partition coefficient (Wildman–Crippen LogP) is -0.322. The van der Waals surface area contributed by atoms with Gasteiger partial charge in [-0.15, -0.1) is 0 Å². The Bertz CT molecular complexity index is 155. The Morgan fingerprint density at radius 3 is 3.00 bits per heavy atom. The Morgan fingerprint density at radius 2 is 2.43 bits per heavy atom. The van der Waals surface area contributed by atoms with Gasteiger partial charge in [0.2, 0.25) is 0 Å². The van der Waals surface area contributed by atoms with Crippen molar-refractivity contribution in [1.82, 2.24) is 10.2 Å². The molecule has 2 unspecified atom stereocenters. The van der Waals surface area contributed by atoms with Gasteiger partial charge in [-0.25, -0.2) is 0 Å². The number of aliphatic hydroxyl groups is 1. The summed E-state index contributed by atoms with van der Waals surface area (Å²) in [6.07, 6.45) is 1.16. The molecule has 0 aromatic heterocycles. The molecule has 0 aromatic rings. The smallest absolute Gasteiger partial charge is 0.0674 e. The van der Waals surface area contributed by atoms with Gasteiger partial charge in [0.15, 0.2) is 0 Å². The molecule has 0 bridgehead atoms. The lowest BCUT2D eigenvalue weighted by atomic mass is 10.2. The molecule has 1 saturated heterocycles. The Labute approximate surface area is 86.2 Å². The number of likely N-dealkylation sites (N-methyl/N-ethyl adjacent to an activating group) is 1. The van der Waals surface area contributed by atoms with E-state index in [0.717, 1.165) is 32.7 Å². The quantitative estimate of drug-likeness (QED) is 0.641. The van der Waals surface area contributed by atoms with Gasteiger partial charge in [0.05, 0.1) is 12.7 Å². The third-order valence-electron chi connectivity index (χ3n) is 2.69. The number of aliphatic hydroxyl groups excluding tert-OH is 1. The highest BCUT2D eigenvalue weighted by Crippen LogP contribution is 2.05. The molecule has 0 saturated carbocycles. The van der Waals surface area contributed by atoms with Crippen molar-refractivity contribution in [2.24, 2.45) is 0 Å². The van der Waals surface area contributed by atoms with Crippen molar-refractivity contribution in [3.05, 3.63) is 0 Å². The highest BCUT2D eigenvalue weighted by molar-refractivity contribution is 4.74. The van der Waals surface area contributed by atoms with E-state index in [1.165, 1.54) is 0 Å². The zero-order chi connectivity index (χ0) is 10.4. The number of nitrogens with zero attached hydrogens (tertiary/aromatic N) is 1. The monoisotopic (exact) mass is 202 g/mol. The van der Waals surface area contributed by atoms with Gasteiger partial charge in [0.25, 0.3) is 0 Å². The van der Waals surface area contributed by atoms with Gasteiger partial charge in [-0.3, -0.25) is 4.90 Å². The molecule has 1 aliphatic heterocycles. The van der Waals surface area contributed by atoms with Gasteiger partial charge in [0, 0.05) is 32.3 Å². The van der Waals surface area contributed by atoms with Crippen molar-refractivity contribution < 1.29 is 9.84 Å². The van der Waals surface area contributed by atoms with Crippen LogP contribution in [-0.4, -0.2) is 62.0 Å². The first-order valence-electron chi connectivity index (χ1n) is 5.38. The summed E-state index contributed by atoms with van der Waals surface area (Å²) in [5, 5.41) is 12.1. The third-order valence-corrected chi connectivity index (χ3v) is 2.69. The van der Waals surface area contributed by atoms with Crippen LogP contribution in [0.5, 0.6) is 0 Å². The molecule has 4 heteroatoms. The number of hydrogen-bond acceptors (Lipinski definition) is 4. The van der Waals surface area contributed by atoms with Gasteiger partial charge in [-0.05, 0) is 20.4 Å². The second-order valence-corrected chi connectivity index (χ2v) is 3.94. The predicted molar refractivity (Wildman–Crippen MR) is 56.4 cm³/mol. The van der Waals surface area contributed by atoms with Crippen LogP contribution in [0.3, 0.4) is 0 Å². The van der Waals surface area contributed by atoms with E-state index in [1.807, 2.05) is 7.05 Å². The van der Waals surface area contributed by atoms with E-state index in [-0.39, 0.29) is 6.61 Å². The largest absolute Gasteiger partial charge is 0.396 e. The van der Waals surface area contributed by atoms with Crippen LogP contribution in [0.4, 0.5) is 0 Å². The van der Waals surface area contributed by atoms with Crippen LogP contribution in [0.1, 0.15) is 13.3 Å². The first kappa shape index (κ1) is 11.9. The van der Waals surface area contributed by atoms with Gasteiger partial charge in [-0.2, -0.15) is 0 Å². The molecular weight excluding hydrogens is 180 g/mol.